The van der Waals surface area contributed by atoms with Gasteiger partial charge in [-0.05, 0) is 30.5 Å². The van der Waals surface area contributed by atoms with E-state index in [1.165, 1.54) is 25.0 Å². The van der Waals surface area contributed by atoms with Crippen LogP contribution in [0.5, 0.6) is 11.5 Å². The van der Waals surface area contributed by atoms with E-state index in [1.807, 2.05) is 0 Å². The molecular formula is C20H19F5O3. The van der Waals surface area contributed by atoms with Crippen molar-refractivity contribution in [2.45, 2.75) is 45.4 Å². The molecule has 3 nitrogen and oxygen atoms in total. The summed E-state index contributed by atoms with van der Waals surface area (Å²) in [6.07, 6.45) is 4.87. The van der Waals surface area contributed by atoms with Gasteiger partial charge in [0.15, 0.2) is 0 Å². The van der Waals surface area contributed by atoms with Gasteiger partial charge in [0.2, 0.25) is 34.8 Å². The van der Waals surface area contributed by atoms with E-state index in [9.17, 15) is 26.7 Å². The maximum atomic E-state index is 13.5. The molecule has 0 unspecified atom stereocenters. The van der Waals surface area contributed by atoms with Crippen molar-refractivity contribution in [3.8, 4) is 11.5 Å². The quantitative estimate of drug-likeness (QED) is 0.127. The number of halogens is 5. The van der Waals surface area contributed by atoms with Crippen molar-refractivity contribution in [1.82, 2.24) is 0 Å². The van der Waals surface area contributed by atoms with E-state index in [-0.39, 0.29) is 5.75 Å². The highest BCUT2D eigenvalue weighted by atomic mass is 19.2. The van der Waals surface area contributed by atoms with Gasteiger partial charge in [0.05, 0.1) is 0 Å². The lowest BCUT2D eigenvalue weighted by Crippen LogP contribution is -2.17. The molecule has 2 rings (SSSR count). The summed E-state index contributed by atoms with van der Waals surface area (Å²) in [5.74, 6) is -13.0. The molecule has 0 heterocycles. The normalized spacial score (nSPS) is 10.8. The van der Waals surface area contributed by atoms with E-state index in [2.05, 4.69) is 11.7 Å². The molecule has 0 atom stereocenters. The van der Waals surface area contributed by atoms with Crippen molar-refractivity contribution in [1.29, 1.82) is 0 Å². The summed E-state index contributed by atoms with van der Waals surface area (Å²) in [4.78, 5) is 11.6. The number of ether oxygens (including phenoxy) is 2. The van der Waals surface area contributed by atoms with Crippen LogP contribution in [0.2, 0.25) is 0 Å². The van der Waals surface area contributed by atoms with Crippen molar-refractivity contribution in [2.24, 2.45) is 0 Å². The van der Waals surface area contributed by atoms with E-state index >= 15 is 0 Å². The molecule has 0 saturated carbocycles. The molecule has 0 amide bonds. The first kappa shape index (κ1) is 21.7. The first-order chi connectivity index (χ1) is 13.3. The molecular weight excluding hydrogens is 383 g/mol. The molecule has 2 aromatic rings. The molecule has 0 spiro atoms. The average molecular weight is 402 g/mol. The third kappa shape index (κ3) is 5.43. The van der Waals surface area contributed by atoms with Gasteiger partial charge in [0, 0.05) is 0 Å². The zero-order valence-corrected chi connectivity index (χ0v) is 15.2. The minimum absolute atomic E-state index is 0.00334. The summed E-state index contributed by atoms with van der Waals surface area (Å²) < 4.78 is 75.1. The molecule has 0 fully saturated rings. The molecule has 28 heavy (non-hydrogen) atoms. The van der Waals surface area contributed by atoms with E-state index in [4.69, 9.17) is 4.74 Å². The Balaban J connectivity index is 1.95. The fourth-order valence-corrected chi connectivity index (χ4v) is 2.53. The van der Waals surface area contributed by atoms with Crippen LogP contribution in [0.4, 0.5) is 26.7 Å². The highest BCUT2D eigenvalue weighted by Crippen LogP contribution is 2.29. The van der Waals surface area contributed by atoms with Gasteiger partial charge in [-0.3, -0.25) is 0 Å². The molecule has 0 aliphatic rings. The summed E-state index contributed by atoms with van der Waals surface area (Å²) in [7, 11) is 0. The lowest BCUT2D eigenvalue weighted by molar-refractivity contribution is 0.146. The standard InChI is InChI=1S/C20H19F5O3/c1-2-3-4-5-6-7-12-8-10-13(11-9-12)27-20(26)28-19-17(24)15(22)14(21)16(23)18(19)25/h8-11H,2-7H2,1H3. The van der Waals surface area contributed by atoms with Gasteiger partial charge >= 0.3 is 6.16 Å². The Hall–Kier alpha value is -2.64. The number of carbonyl (C=O) groups is 1. The Kier molecular flexibility index (Phi) is 7.78. The van der Waals surface area contributed by atoms with Gasteiger partial charge in [-0.2, -0.15) is 8.78 Å². The monoisotopic (exact) mass is 402 g/mol. The third-order valence-corrected chi connectivity index (χ3v) is 4.05. The molecule has 0 N–H and O–H groups in total. The zero-order valence-electron chi connectivity index (χ0n) is 15.2. The van der Waals surface area contributed by atoms with Crippen LogP contribution in [-0.2, 0) is 6.42 Å². The lowest BCUT2D eigenvalue weighted by atomic mass is 10.1. The Labute approximate surface area is 159 Å². The molecule has 0 bridgehead atoms. The molecule has 152 valence electrons. The second-order valence-electron chi connectivity index (χ2n) is 6.16. The number of aryl methyl sites for hydroxylation is 1. The van der Waals surface area contributed by atoms with E-state index in [1.54, 1.807) is 12.1 Å². The van der Waals surface area contributed by atoms with Crippen molar-refractivity contribution in [2.75, 3.05) is 0 Å². The summed E-state index contributed by atoms with van der Waals surface area (Å²) in [6, 6.07) is 6.31. The van der Waals surface area contributed by atoms with Crippen LogP contribution < -0.4 is 9.47 Å². The van der Waals surface area contributed by atoms with Gasteiger partial charge in [-0.25, -0.2) is 18.0 Å². The minimum Gasteiger partial charge on any atom is -0.395 e. The maximum Gasteiger partial charge on any atom is 0.519 e. The largest absolute Gasteiger partial charge is 0.519 e. The van der Waals surface area contributed by atoms with Gasteiger partial charge < -0.3 is 9.47 Å². The van der Waals surface area contributed by atoms with Gasteiger partial charge in [0.1, 0.15) is 5.75 Å². The van der Waals surface area contributed by atoms with Crippen molar-refractivity contribution >= 4 is 6.16 Å². The Bertz CT molecular complexity index is 793. The maximum absolute atomic E-state index is 13.5. The van der Waals surface area contributed by atoms with Crippen LogP contribution in [0.1, 0.15) is 44.6 Å². The van der Waals surface area contributed by atoms with Gasteiger partial charge in [-0.1, -0.05) is 44.7 Å². The SMILES string of the molecule is CCCCCCCc1ccc(OC(=O)Oc2c(F)c(F)c(F)c(F)c2F)cc1. The van der Waals surface area contributed by atoms with Gasteiger partial charge in [0.25, 0.3) is 0 Å². The highest BCUT2D eigenvalue weighted by molar-refractivity contribution is 5.67. The number of carbonyl (C=O) groups excluding carboxylic acids is 1. The Morgan fingerprint density at radius 3 is 1.86 bits per heavy atom. The Morgan fingerprint density at radius 2 is 1.29 bits per heavy atom. The minimum atomic E-state index is -2.35. The topological polar surface area (TPSA) is 35.5 Å². The molecule has 0 saturated heterocycles. The fraction of sp³-hybridized carbons (Fsp3) is 0.350. The van der Waals surface area contributed by atoms with Crippen LogP contribution in [0.3, 0.4) is 0 Å². The van der Waals surface area contributed by atoms with Crippen LogP contribution in [0.15, 0.2) is 24.3 Å². The summed E-state index contributed by atoms with van der Waals surface area (Å²) >= 11 is 0. The first-order valence-corrected chi connectivity index (χ1v) is 8.85. The molecule has 8 heteroatoms. The van der Waals surface area contributed by atoms with Crippen molar-refractivity contribution in [3.05, 3.63) is 58.9 Å². The third-order valence-electron chi connectivity index (χ3n) is 4.05. The smallest absolute Gasteiger partial charge is 0.395 e. The predicted molar refractivity (Wildman–Crippen MR) is 91.8 cm³/mol. The van der Waals surface area contributed by atoms with Crippen LogP contribution in [-0.4, -0.2) is 6.16 Å². The fourth-order valence-electron chi connectivity index (χ4n) is 2.53. The van der Waals surface area contributed by atoms with E-state index < -0.39 is 41.0 Å². The number of hydrogen-bond donors (Lipinski definition) is 0. The lowest BCUT2D eigenvalue weighted by Gasteiger charge is -2.09. The van der Waals surface area contributed by atoms with Crippen molar-refractivity contribution in [3.63, 3.8) is 0 Å². The van der Waals surface area contributed by atoms with Crippen LogP contribution in [0.25, 0.3) is 0 Å². The number of unbranched alkanes of at least 4 members (excludes halogenated alkanes) is 4. The predicted octanol–water partition coefficient (Wildman–Crippen LogP) is 6.47. The second kappa shape index (κ2) is 10.1. The first-order valence-electron chi connectivity index (χ1n) is 8.85. The second-order valence-corrected chi connectivity index (χ2v) is 6.16. The number of rotatable bonds is 8. The highest BCUT2D eigenvalue weighted by Gasteiger charge is 2.29. The molecule has 0 aromatic heterocycles. The van der Waals surface area contributed by atoms with E-state index in [0.717, 1.165) is 31.2 Å². The van der Waals surface area contributed by atoms with E-state index in [0.29, 0.717) is 0 Å². The van der Waals surface area contributed by atoms with Crippen LogP contribution >= 0.6 is 0 Å². The summed E-state index contributed by atoms with van der Waals surface area (Å²) in [5, 5.41) is 0. The van der Waals surface area contributed by atoms with Gasteiger partial charge in [-0.15, -0.1) is 0 Å². The van der Waals surface area contributed by atoms with Crippen molar-refractivity contribution < 1.29 is 36.2 Å². The molecule has 0 aliphatic carbocycles. The number of benzene rings is 2. The number of hydrogen-bond acceptors (Lipinski definition) is 3. The molecule has 2 aromatic carbocycles. The molecule has 0 aliphatic heterocycles. The summed E-state index contributed by atoms with van der Waals surface area (Å²) in [5.41, 5.74) is 1.01. The Morgan fingerprint density at radius 1 is 0.750 bits per heavy atom. The molecule has 0 radical (unpaired) electrons. The van der Waals surface area contributed by atoms with Crippen LogP contribution in [0, 0.1) is 29.1 Å². The zero-order chi connectivity index (χ0) is 20.7. The average Bonchev–Trinajstić information content (AvgIpc) is 2.69. The summed E-state index contributed by atoms with van der Waals surface area (Å²) in [6.45, 7) is 2.13.